The van der Waals surface area contributed by atoms with Crippen molar-refractivity contribution in [2.45, 2.75) is 25.3 Å². The van der Waals surface area contributed by atoms with Crippen molar-refractivity contribution in [2.75, 3.05) is 20.7 Å². The molecule has 2 aromatic carbocycles. The van der Waals surface area contributed by atoms with Gasteiger partial charge in [-0.3, -0.25) is 9.69 Å². The molecule has 2 aromatic rings. The van der Waals surface area contributed by atoms with Gasteiger partial charge in [0.15, 0.2) is 5.78 Å². The first-order valence-electron chi connectivity index (χ1n) is 8.63. The van der Waals surface area contributed by atoms with E-state index >= 15 is 0 Å². The van der Waals surface area contributed by atoms with E-state index in [4.69, 9.17) is 4.74 Å². The zero-order chi connectivity index (χ0) is 18.3. The standard InChI is InChI=1S/C22H27NO2/c1-5-16-25-20-14-12-19(13-15-20)21(24)22(6-2,23(3)4)17-18-10-8-7-9-11-18/h5,7-15H,1,6,16-17H2,2-4H3. The van der Waals surface area contributed by atoms with Crippen molar-refractivity contribution in [3.05, 3.63) is 78.4 Å². The molecule has 0 aliphatic carbocycles. The summed E-state index contributed by atoms with van der Waals surface area (Å²) in [5, 5.41) is 0. The molecule has 0 amide bonds. The minimum absolute atomic E-state index is 0.138. The summed E-state index contributed by atoms with van der Waals surface area (Å²) in [6.45, 7) is 6.17. The van der Waals surface area contributed by atoms with Crippen LogP contribution in [-0.2, 0) is 6.42 Å². The van der Waals surface area contributed by atoms with Gasteiger partial charge in [0.05, 0.1) is 5.54 Å². The van der Waals surface area contributed by atoms with Crippen LogP contribution in [0.15, 0.2) is 67.3 Å². The number of Topliss-reactive ketones (excluding diaryl/α,β-unsaturated/α-hetero) is 1. The van der Waals surface area contributed by atoms with E-state index in [1.807, 2.05) is 61.5 Å². The van der Waals surface area contributed by atoms with E-state index in [9.17, 15) is 4.79 Å². The fourth-order valence-corrected chi connectivity index (χ4v) is 3.10. The van der Waals surface area contributed by atoms with E-state index in [2.05, 4.69) is 25.6 Å². The van der Waals surface area contributed by atoms with Gasteiger partial charge in [0, 0.05) is 5.56 Å². The van der Waals surface area contributed by atoms with Crippen LogP contribution >= 0.6 is 0 Å². The quantitative estimate of drug-likeness (QED) is 0.502. The number of likely N-dealkylation sites (N-methyl/N-ethyl adjacent to an activating group) is 1. The Morgan fingerprint density at radius 3 is 2.28 bits per heavy atom. The van der Waals surface area contributed by atoms with Crippen molar-refractivity contribution >= 4 is 5.78 Å². The van der Waals surface area contributed by atoms with E-state index in [0.717, 1.165) is 17.7 Å². The molecule has 3 heteroatoms. The van der Waals surface area contributed by atoms with Gasteiger partial charge >= 0.3 is 0 Å². The van der Waals surface area contributed by atoms with Crippen LogP contribution in [0.2, 0.25) is 0 Å². The van der Waals surface area contributed by atoms with Crippen LogP contribution in [-0.4, -0.2) is 36.9 Å². The van der Waals surface area contributed by atoms with Crippen molar-refractivity contribution in [1.29, 1.82) is 0 Å². The second-order valence-corrected chi connectivity index (χ2v) is 6.40. The monoisotopic (exact) mass is 337 g/mol. The summed E-state index contributed by atoms with van der Waals surface area (Å²) in [6, 6.07) is 17.6. The molecule has 0 bridgehead atoms. The van der Waals surface area contributed by atoms with Crippen LogP contribution < -0.4 is 4.74 Å². The van der Waals surface area contributed by atoms with Gasteiger partial charge in [0.1, 0.15) is 12.4 Å². The van der Waals surface area contributed by atoms with Crippen LogP contribution in [0.1, 0.15) is 29.3 Å². The summed E-state index contributed by atoms with van der Waals surface area (Å²) in [5.74, 6) is 0.880. The summed E-state index contributed by atoms with van der Waals surface area (Å²) < 4.78 is 5.51. The lowest BCUT2D eigenvalue weighted by atomic mass is 9.80. The maximum absolute atomic E-state index is 13.4. The highest BCUT2D eigenvalue weighted by atomic mass is 16.5. The number of carbonyl (C=O) groups is 1. The Morgan fingerprint density at radius 1 is 1.12 bits per heavy atom. The number of rotatable bonds is 9. The molecule has 0 fully saturated rings. The molecule has 0 saturated heterocycles. The second kappa shape index (κ2) is 8.63. The number of benzene rings is 2. The molecule has 0 radical (unpaired) electrons. The zero-order valence-electron chi connectivity index (χ0n) is 15.4. The van der Waals surface area contributed by atoms with Crippen molar-refractivity contribution in [1.82, 2.24) is 4.90 Å². The molecule has 0 saturated carbocycles. The molecule has 0 aliphatic rings. The molecule has 0 aliphatic heterocycles. The maximum atomic E-state index is 13.4. The van der Waals surface area contributed by atoms with Crippen molar-refractivity contribution in [2.24, 2.45) is 0 Å². The molecule has 1 unspecified atom stereocenters. The van der Waals surface area contributed by atoms with Gasteiger partial charge in [-0.15, -0.1) is 0 Å². The van der Waals surface area contributed by atoms with E-state index < -0.39 is 5.54 Å². The number of hydrogen-bond donors (Lipinski definition) is 0. The molecule has 0 aromatic heterocycles. The third-order valence-electron chi connectivity index (χ3n) is 4.69. The predicted octanol–water partition coefficient (Wildman–Crippen LogP) is 4.39. The number of carbonyl (C=O) groups excluding carboxylic acids is 1. The van der Waals surface area contributed by atoms with E-state index in [0.29, 0.717) is 18.6 Å². The molecule has 0 heterocycles. The first kappa shape index (κ1) is 18.9. The lowest BCUT2D eigenvalue weighted by Gasteiger charge is -2.38. The summed E-state index contributed by atoms with van der Waals surface area (Å²) in [6.07, 6.45) is 3.13. The molecule has 0 N–H and O–H groups in total. The number of hydrogen-bond acceptors (Lipinski definition) is 3. The first-order chi connectivity index (χ1) is 12.0. The van der Waals surface area contributed by atoms with Gasteiger partial charge < -0.3 is 4.74 Å². The van der Waals surface area contributed by atoms with Crippen LogP contribution in [0.25, 0.3) is 0 Å². The molecular formula is C22H27NO2. The van der Waals surface area contributed by atoms with E-state index in [-0.39, 0.29) is 5.78 Å². The normalized spacial score (nSPS) is 13.3. The fraction of sp³-hybridized carbons (Fsp3) is 0.318. The maximum Gasteiger partial charge on any atom is 0.183 e. The van der Waals surface area contributed by atoms with Crippen LogP contribution in [0.5, 0.6) is 5.75 Å². The topological polar surface area (TPSA) is 29.5 Å². The number of ether oxygens (including phenoxy) is 1. The predicted molar refractivity (Wildman–Crippen MR) is 103 cm³/mol. The molecule has 25 heavy (non-hydrogen) atoms. The van der Waals surface area contributed by atoms with Crippen molar-refractivity contribution < 1.29 is 9.53 Å². The fourth-order valence-electron chi connectivity index (χ4n) is 3.10. The average Bonchev–Trinajstić information content (AvgIpc) is 2.65. The Hall–Kier alpha value is -2.39. The largest absolute Gasteiger partial charge is 0.490 e. The molecule has 1 atom stereocenters. The Morgan fingerprint density at radius 2 is 1.76 bits per heavy atom. The van der Waals surface area contributed by atoms with E-state index in [1.165, 1.54) is 0 Å². The number of ketones is 1. The Labute approximate surface area is 150 Å². The van der Waals surface area contributed by atoms with Gasteiger partial charge in [-0.05, 0) is 56.8 Å². The lowest BCUT2D eigenvalue weighted by Crippen LogP contribution is -2.52. The average molecular weight is 337 g/mol. The SMILES string of the molecule is C=CCOc1ccc(C(=O)C(CC)(Cc2ccccc2)N(C)C)cc1. The first-order valence-corrected chi connectivity index (χ1v) is 8.63. The molecular weight excluding hydrogens is 310 g/mol. The minimum atomic E-state index is -0.565. The van der Waals surface area contributed by atoms with Crippen LogP contribution in [0, 0.1) is 0 Å². The van der Waals surface area contributed by atoms with Crippen molar-refractivity contribution in [3.8, 4) is 5.75 Å². The Balaban J connectivity index is 2.30. The molecule has 0 spiro atoms. The van der Waals surface area contributed by atoms with Gasteiger partial charge in [0.2, 0.25) is 0 Å². The number of nitrogens with zero attached hydrogens (tertiary/aromatic N) is 1. The smallest absolute Gasteiger partial charge is 0.183 e. The van der Waals surface area contributed by atoms with Gasteiger partial charge in [-0.1, -0.05) is 49.9 Å². The lowest BCUT2D eigenvalue weighted by molar-refractivity contribution is 0.0666. The van der Waals surface area contributed by atoms with E-state index in [1.54, 1.807) is 6.08 Å². The highest BCUT2D eigenvalue weighted by Gasteiger charge is 2.39. The molecule has 132 valence electrons. The van der Waals surface area contributed by atoms with Gasteiger partial charge in [-0.2, -0.15) is 0 Å². The highest BCUT2D eigenvalue weighted by molar-refractivity contribution is 6.03. The third-order valence-corrected chi connectivity index (χ3v) is 4.69. The van der Waals surface area contributed by atoms with Crippen molar-refractivity contribution in [3.63, 3.8) is 0 Å². The summed E-state index contributed by atoms with van der Waals surface area (Å²) in [4.78, 5) is 15.4. The summed E-state index contributed by atoms with van der Waals surface area (Å²) in [7, 11) is 3.96. The van der Waals surface area contributed by atoms with Gasteiger partial charge in [-0.25, -0.2) is 0 Å². The summed E-state index contributed by atoms with van der Waals surface area (Å²) in [5.41, 5.74) is 1.31. The highest BCUT2D eigenvalue weighted by Crippen LogP contribution is 2.28. The minimum Gasteiger partial charge on any atom is -0.490 e. The third kappa shape index (κ3) is 4.37. The van der Waals surface area contributed by atoms with Crippen LogP contribution in [0.3, 0.4) is 0 Å². The molecule has 2 rings (SSSR count). The van der Waals surface area contributed by atoms with Gasteiger partial charge in [0.25, 0.3) is 0 Å². The zero-order valence-corrected chi connectivity index (χ0v) is 15.4. The van der Waals surface area contributed by atoms with Crippen LogP contribution in [0.4, 0.5) is 0 Å². The Kier molecular flexibility index (Phi) is 6.54. The Bertz CT molecular complexity index is 692. The second-order valence-electron chi connectivity index (χ2n) is 6.40. The summed E-state index contributed by atoms with van der Waals surface area (Å²) >= 11 is 0. The molecule has 3 nitrogen and oxygen atoms in total.